The molecule has 14 heavy (non-hydrogen) atoms. The standard InChI is InChI=1S/C10H10O4/c1-7(10(12)13)14-9-5-3-2-4-8(9)6-11/h2-7H,1H3,(H,12,13)/p-1. The van der Waals surface area contributed by atoms with Crippen LogP contribution in [0.1, 0.15) is 17.3 Å². The maximum Gasteiger partial charge on any atom is 0.153 e. The van der Waals surface area contributed by atoms with Crippen LogP contribution in [0.5, 0.6) is 5.75 Å². The lowest BCUT2D eigenvalue weighted by atomic mass is 10.2. The van der Waals surface area contributed by atoms with Crippen molar-refractivity contribution in [2.24, 2.45) is 0 Å². The topological polar surface area (TPSA) is 66.4 Å². The monoisotopic (exact) mass is 193 g/mol. The highest BCUT2D eigenvalue weighted by molar-refractivity contribution is 5.79. The minimum Gasteiger partial charge on any atom is -0.546 e. The van der Waals surface area contributed by atoms with Crippen LogP contribution in [-0.4, -0.2) is 18.4 Å². The zero-order valence-corrected chi connectivity index (χ0v) is 7.60. The van der Waals surface area contributed by atoms with E-state index in [9.17, 15) is 14.7 Å². The van der Waals surface area contributed by atoms with Gasteiger partial charge in [-0.05, 0) is 19.1 Å². The summed E-state index contributed by atoms with van der Waals surface area (Å²) in [5.74, 6) is -1.06. The van der Waals surface area contributed by atoms with Crippen molar-refractivity contribution in [2.45, 2.75) is 13.0 Å². The van der Waals surface area contributed by atoms with E-state index in [1.54, 1.807) is 18.2 Å². The van der Waals surface area contributed by atoms with E-state index in [1.165, 1.54) is 13.0 Å². The molecule has 0 aromatic heterocycles. The van der Waals surface area contributed by atoms with Gasteiger partial charge in [0, 0.05) is 0 Å². The van der Waals surface area contributed by atoms with Crippen molar-refractivity contribution in [1.82, 2.24) is 0 Å². The van der Waals surface area contributed by atoms with Crippen LogP contribution < -0.4 is 9.84 Å². The van der Waals surface area contributed by atoms with Crippen molar-refractivity contribution in [3.63, 3.8) is 0 Å². The number of rotatable bonds is 4. The van der Waals surface area contributed by atoms with Crippen LogP contribution >= 0.6 is 0 Å². The molecular formula is C10H9O4-. The van der Waals surface area contributed by atoms with E-state index in [2.05, 4.69) is 0 Å². The van der Waals surface area contributed by atoms with Gasteiger partial charge in [0.15, 0.2) is 6.29 Å². The molecule has 1 atom stereocenters. The summed E-state index contributed by atoms with van der Waals surface area (Å²) in [5, 5.41) is 10.4. The molecule has 1 aromatic rings. The third kappa shape index (κ3) is 2.32. The number of para-hydroxylation sites is 1. The Morgan fingerprint density at radius 3 is 2.71 bits per heavy atom. The third-order valence-electron chi connectivity index (χ3n) is 1.68. The Morgan fingerprint density at radius 1 is 1.50 bits per heavy atom. The summed E-state index contributed by atoms with van der Waals surface area (Å²) in [6.07, 6.45) is -0.465. The van der Waals surface area contributed by atoms with Crippen molar-refractivity contribution < 1.29 is 19.4 Å². The molecule has 1 aromatic carbocycles. The Morgan fingerprint density at radius 2 is 2.14 bits per heavy atom. The molecule has 1 rings (SSSR count). The maximum absolute atomic E-state index is 10.5. The van der Waals surface area contributed by atoms with Gasteiger partial charge < -0.3 is 14.6 Å². The normalized spacial score (nSPS) is 11.8. The second-order valence-corrected chi connectivity index (χ2v) is 2.73. The summed E-state index contributed by atoms with van der Waals surface area (Å²) in [6, 6.07) is 6.40. The number of carbonyl (C=O) groups is 2. The molecule has 0 aliphatic rings. The molecule has 0 bridgehead atoms. The molecule has 0 saturated carbocycles. The van der Waals surface area contributed by atoms with Gasteiger partial charge in [0.2, 0.25) is 0 Å². The molecule has 4 heteroatoms. The lowest BCUT2D eigenvalue weighted by molar-refractivity contribution is -0.312. The van der Waals surface area contributed by atoms with Crippen LogP contribution in [0.4, 0.5) is 0 Å². The zero-order valence-electron chi connectivity index (χ0n) is 7.60. The average Bonchev–Trinajstić information content (AvgIpc) is 2.18. The van der Waals surface area contributed by atoms with Gasteiger partial charge >= 0.3 is 0 Å². The smallest absolute Gasteiger partial charge is 0.153 e. The molecule has 0 aliphatic carbocycles. The van der Waals surface area contributed by atoms with Gasteiger partial charge in [0.25, 0.3) is 0 Å². The second-order valence-electron chi connectivity index (χ2n) is 2.73. The Kier molecular flexibility index (Phi) is 3.23. The fourth-order valence-electron chi connectivity index (χ4n) is 0.924. The molecule has 0 aliphatic heterocycles. The first kappa shape index (κ1) is 10.2. The van der Waals surface area contributed by atoms with E-state index in [4.69, 9.17) is 4.74 Å². The molecular weight excluding hydrogens is 184 g/mol. The SMILES string of the molecule is CC(Oc1ccccc1C=O)C(=O)[O-]. The Labute approximate surface area is 81.1 Å². The predicted molar refractivity (Wildman–Crippen MR) is 46.9 cm³/mol. The number of hydrogen-bond donors (Lipinski definition) is 0. The quantitative estimate of drug-likeness (QED) is 0.632. The van der Waals surface area contributed by atoms with Gasteiger partial charge in [-0.15, -0.1) is 0 Å². The minimum absolute atomic E-state index is 0.249. The first-order valence-electron chi connectivity index (χ1n) is 4.07. The summed E-state index contributed by atoms with van der Waals surface area (Å²) in [7, 11) is 0. The third-order valence-corrected chi connectivity index (χ3v) is 1.68. The number of carboxylic acid groups (broad SMARTS) is 1. The van der Waals surface area contributed by atoms with Gasteiger partial charge in [-0.1, -0.05) is 12.1 Å². The van der Waals surface area contributed by atoms with Gasteiger partial charge in [-0.3, -0.25) is 4.79 Å². The predicted octanol–water partition coefficient (Wildman–Crippen LogP) is 0.0163. The number of hydrogen-bond acceptors (Lipinski definition) is 4. The van der Waals surface area contributed by atoms with Crippen LogP contribution in [0, 0.1) is 0 Å². The van der Waals surface area contributed by atoms with Gasteiger partial charge in [0.05, 0.1) is 11.5 Å². The minimum atomic E-state index is -1.31. The number of ether oxygens (including phenoxy) is 1. The van der Waals surface area contributed by atoms with Crippen molar-refractivity contribution in [2.75, 3.05) is 0 Å². The van der Waals surface area contributed by atoms with E-state index in [0.29, 0.717) is 11.8 Å². The lowest BCUT2D eigenvalue weighted by Crippen LogP contribution is -2.37. The van der Waals surface area contributed by atoms with Crippen molar-refractivity contribution in [3.05, 3.63) is 29.8 Å². The molecule has 0 amide bonds. The second kappa shape index (κ2) is 4.41. The van der Waals surface area contributed by atoms with Crippen LogP contribution in [0.25, 0.3) is 0 Å². The van der Waals surface area contributed by atoms with Crippen LogP contribution in [0.2, 0.25) is 0 Å². The summed E-state index contributed by atoms with van der Waals surface area (Å²) in [5.41, 5.74) is 0.320. The summed E-state index contributed by atoms with van der Waals surface area (Å²) in [4.78, 5) is 20.9. The fraction of sp³-hybridized carbons (Fsp3) is 0.200. The van der Waals surface area contributed by atoms with E-state index < -0.39 is 12.1 Å². The van der Waals surface area contributed by atoms with Gasteiger partial charge in [-0.2, -0.15) is 0 Å². The van der Waals surface area contributed by atoms with Gasteiger partial charge in [0.1, 0.15) is 11.9 Å². The highest BCUT2D eigenvalue weighted by atomic mass is 16.5. The Bertz CT molecular complexity index is 346. The zero-order chi connectivity index (χ0) is 10.6. The Hall–Kier alpha value is -1.84. The summed E-state index contributed by atoms with van der Waals surface area (Å²) in [6.45, 7) is 1.34. The summed E-state index contributed by atoms with van der Waals surface area (Å²) >= 11 is 0. The van der Waals surface area contributed by atoms with Crippen molar-refractivity contribution in [3.8, 4) is 5.75 Å². The average molecular weight is 193 g/mol. The van der Waals surface area contributed by atoms with E-state index in [0.717, 1.165) is 0 Å². The van der Waals surface area contributed by atoms with Crippen LogP contribution in [0.15, 0.2) is 24.3 Å². The maximum atomic E-state index is 10.5. The number of carboxylic acids is 1. The van der Waals surface area contributed by atoms with Gasteiger partial charge in [-0.25, -0.2) is 0 Å². The number of benzene rings is 1. The largest absolute Gasteiger partial charge is 0.546 e. The molecule has 1 unspecified atom stereocenters. The molecule has 0 spiro atoms. The number of aldehydes is 1. The summed E-state index contributed by atoms with van der Waals surface area (Å²) < 4.78 is 5.00. The van der Waals surface area contributed by atoms with E-state index >= 15 is 0 Å². The first-order chi connectivity index (χ1) is 6.65. The molecule has 0 radical (unpaired) electrons. The van der Waals surface area contributed by atoms with Crippen molar-refractivity contribution in [1.29, 1.82) is 0 Å². The number of aliphatic carboxylic acids is 1. The fourth-order valence-corrected chi connectivity index (χ4v) is 0.924. The highest BCUT2D eigenvalue weighted by Crippen LogP contribution is 2.16. The number of carbonyl (C=O) groups excluding carboxylic acids is 2. The van der Waals surface area contributed by atoms with Crippen molar-refractivity contribution >= 4 is 12.3 Å². The Balaban J connectivity index is 2.85. The highest BCUT2D eigenvalue weighted by Gasteiger charge is 2.07. The van der Waals surface area contributed by atoms with Crippen LogP contribution in [0.3, 0.4) is 0 Å². The molecule has 0 heterocycles. The molecule has 74 valence electrons. The van der Waals surface area contributed by atoms with E-state index in [1.807, 2.05) is 0 Å². The molecule has 0 N–H and O–H groups in total. The molecule has 0 fully saturated rings. The van der Waals surface area contributed by atoms with Crippen LogP contribution in [-0.2, 0) is 4.79 Å². The molecule has 4 nitrogen and oxygen atoms in total. The van der Waals surface area contributed by atoms with E-state index in [-0.39, 0.29) is 5.75 Å². The lowest BCUT2D eigenvalue weighted by Gasteiger charge is -2.16. The molecule has 0 saturated heterocycles. The first-order valence-corrected chi connectivity index (χ1v) is 4.07.